The minimum absolute atomic E-state index is 0.179. The fourth-order valence-electron chi connectivity index (χ4n) is 3.38. The van der Waals surface area contributed by atoms with E-state index in [0.29, 0.717) is 5.56 Å². The number of likely N-dealkylation sites (tertiary alicyclic amines) is 1. The lowest BCUT2D eigenvalue weighted by atomic mass is 10.0. The molecule has 3 rings (SSSR count). The molecule has 0 spiro atoms. The Hall–Kier alpha value is -2.53. The summed E-state index contributed by atoms with van der Waals surface area (Å²) in [5, 5.41) is 2.74. The second-order valence-corrected chi connectivity index (χ2v) is 7.46. The molecule has 2 aromatic carbocycles. The van der Waals surface area contributed by atoms with E-state index >= 15 is 0 Å². The van der Waals surface area contributed by atoms with Crippen molar-refractivity contribution in [2.45, 2.75) is 39.8 Å². The number of rotatable bonds is 5. The predicted molar refractivity (Wildman–Crippen MR) is 107 cm³/mol. The first-order chi connectivity index (χ1) is 13.4. The highest BCUT2D eigenvalue weighted by molar-refractivity contribution is 5.88. The first-order valence-corrected chi connectivity index (χ1v) is 9.60. The normalized spacial score (nSPS) is 14.8. The van der Waals surface area contributed by atoms with Gasteiger partial charge >= 0.3 is 0 Å². The van der Waals surface area contributed by atoms with Crippen LogP contribution in [-0.2, 0) is 17.9 Å². The second kappa shape index (κ2) is 9.11. The van der Waals surface area contributed by atoms with E-state index in [4.69, 9.17) is 0 Å². The summed E-state index contributed by atoms with van der Waals surface area (Å²) in [6, 6.07) is 10.2. The zero-order valence-electron chi connectivity index (χ0n) is 16.4. The van der Waals surface area contributed by atoms with Crippen molar-refractivity contribution in [2.24, 2.45) is 0 Å². The van der Waals surface area contributed by atoms with Crippen LogP contribution in [0.3, 0.4) is 0 Å². The van der Waals surface area contributed by atoms with Gasteiger partial charge in [0.25, 0.3) is 0 Å². The molecule has 1 aliphatic heterocycles. The van der Waals surface area contributed by atoms with E-state index in [1.54, 1.807) is 6.08 Å². The zero-order chi connectivity index (χ0) is 20.1. The molecule has 0 bridgehead atoms. The van der Waals surface area contributed by atoms with E-state index in [1.165, 1.54) is 22.8 Å². The predicted octanol–water partition coefficient (Wildman–Crippen LogP) is 4.42. The van der Waals surface area contributed by atoms with Gasteiger partial charge in [0.15, 0.2) is 11.6 Å². The average molecular weight is 384 g/mol. The highest BCUT2D eigenvalue weighted by Crippen LogP contribution is 2.19. The molecule has 2 aromatic rings. The molecule has 28 heavy (non-hydrogen) atoms. The molecule has 1 N–H and O–H groups in total. The molecule has 0 atom stereocenters. The number of halogens is 2. The molecule has 148 valence electrons. The number of nitrogens with zero attached hydrogens (tertiary/aromatic N) is 1. The number of piperidine rings is 1. The Balaban J connectivity index is 1.46. The van der Waals surface area contributed by atoms with Gasteiger partial charge in [-0.25, -0.2) is 8.78 Å². The molecular weight excluding hydrogens is 358 g/mol. The molecule has 1 saturated heterocycles. The number of nitrogens with one attached hydrogen (secondary N) is 1. The van der Waals surface area contributed by atoms with Gasteiger partial charge in [-0.05, 0) is 61.1 Å². The van der Waals surface area contributed by atoms with Gasteiger partial charge < -0.3 is 5.32 Å². The third kappa shape index (κ3) is 5.49. The van der Waals surface area contributed by atoms with Crippen LogP contribution in [0.1, 0.15) is 35.1 Å². The Morgan fingerprint density at radius 1 is 1.00 bits per heavy atom. The minimum Gasteiger partial charge on any atom is -0.348 e. The second-order valence-electron chi connectivity index (χ2n) is 7.46. The maximum atomic E-state index is 13.2. The summed E-state index contributed by atoms with van der Waals surface area (Å²) >= 11 is 0. The van der Waals surface area contributed by atoms with Crippen molar-refractivity contribution >= 4 is 5.91 Å². The number of benzene rings is 2. The van der Waals surface area contributed by atoms with Crippen LogP contribution in [0.25, 0.3) is 0 Å². The van der Waals surface area contributed by atoms with Crippen LogP contribution in [-0.4, -0.2) is 23.9 Å². The summed E-state index contributed by atoms with van der Waals surface area (Å²) in [6.45, 7) is 7.21. The fourth-order valence-corrected chi connectivity index (χ4v) is 3.38. The summed E-state index contributed by atoms with van der Waals surface area (Å²) in [5.41, 5.74) is 5.60. The molecule has 0 radical (unpaired) electrons. The molecule has 1 fully saturated rings. The van der Waals surface area contributed by atoms with Crippen molar-refractivity contribution in [3.05, 3.63) is 81.9 Å². The maximum Gasteiger partial charge on any atom is 0.244 e. The van der Waals surface area contributed by atoms with Gasteiger partial charge in [0, 0.05) is 32.3 Å². The highest BCUT2D eigenvalue weighted by atomic mass is 19.2. The van der Waals surface area contributed by atoms with E-state index in [-0.39, 0.29) is 12.5 Å². The smallest absolute Gasteiger partial charge is 0.244 e. The van der Waals surface area contributed by atoms with Gasteiger partial charge in [-0.3, -0.25) is 9.69 Å². The SMILES string of the molecule is Cc1ccc(CN2CCC(=CC(=O)NCc3ccc(F)c(F)c3)CC2)cc1C. The van der Waals surface area contributed by atoms with Crippen molar-refractivity contribution in [1.29, 1.82) is 0 Å². The van der Waals surface area contributed by atoms with Gasteiger partial charge in [-0.15, -0.1) is 0 Å². The number of carbonyl (C=O) groups excluding carboxylic acids is 1. The highest BCUT2D eigenvalue weighted by Gasteiger charge is 2.15. The van der Waals surface area contributed by atoms with Crippen LogP contribution >= 0.6 is 0 Å². The summed E-state index contributed by atoms with van der Waals surface area (Å²) in [7, 11) is 0. The maximum absolute atomic E-state index is 13.2. The number of amides is 1. The molecule has 1 amide bonds. The van der Waals surface area contributed by atoms with E-state index < -0.39 is 11.6 Å². The van der Waals surface area contributed by atoms with Crippen molar-refractivity contribution in [1.82, 2.24) is 10.2 Å². The van der Waals surface area contributed by atoms with E-state index in [9.17, 15) is 13.6 Å². The number of hydrogen-bond acceptors (Lipinski definition) is 2. The van der Waals surface area contributed by atoms with Crippen LogP contribution < -0.4 is 5.32 Å². The molecular formula is C23H26F2N2O. The van der Waals surface area contributed by atoms with Gasteiger partial charge in [-0.2, -0.15) is 0 Å². The van der Waals surface area contributed by atoms with Crippen molar-refractivity contribution in [2.75, 3.05) is 13.1 Å². The summed E-state index contributed by atoms with van der Waals surface area (Å²) in [6.07, 6.45) is 3.38. The monoisotopic (exact) mass is 384 g/mol. The summed E-state index contributed by atoms with van der Waals surface area (Å²) < 4.78 is 26.1. The average Bonchev–Trinajstić information content (AvgIpc) is 2.67. The molecule has 1 aliphatic rings. The fraction of sp³-hybridized carbons (Fsp3) is 0.348. The van der Waals surface area contributed by atoms with Crippen LogP contribution in [0.5, 0.6) is 0 Å². The van der Waals surface area contributed by atoms with Crippen LogP contribution in [0, 0.1) is 25.5 Å². The minimum atomic E-state index is -0.902. The van der Waals surface area contributed by atoms with Crippen molar-refractivity contribution in [3.8, 4) is 0 Å². The van der Waals surface area contributed by atoms with E-state index in [2.05, 4.69) is 42.3 Å². The van der Waals surface area contributed by atoms with Gasteiger partial charge in [0.2, 0.25) is 5.91 Å². The standard InChI is InChI=1S/C23H26F2N2O/c1-16-3-4-20(11-17(16)2)15-27-9-7-18(8-10-27)13-23(28)26-14-19-5-6-21(24)22(25)12-19/h3-6,11-13H,7-10,14-15H2,1-2H3,(H,26,28). The van der Waals surface area contributed by atoms with E-state index in [1.807, 2.05) is 0 Å². The molecule has 0 aromatic heterocycles. The van der Waals surface area contributed by atoms with Gasteiger partial charge in [-0.1, -0.05) is 29.8 Å². The van der Waals surface area contributed by atoms with Gasteiger partial charge in [0.1, 0.15) is 0 Å². The third-order valence-electron chi connectivity index (χ3n) is 5.26. The first-order valence-electron chi connectivity index (χ1n) is 9.60. The lowest BCUT2D eigenvalue weighted by molar-refractivity contribution is -0.116. The Morgan fingerprint density at radius 2 is 1.71 bits per heavy atom. The number of carbonyl (C=O) groups is 1. The van der Waals surface area contributed by atoms with Gasteiger partial charge in [0.05, 0.1) is 0 Å². The Bertz CT molecular complexity index is 882. The Morgan fingerprint density at radius 3 is 2.39 bits per heavy atom. The topological polar surface area (TPSA) is 32.3 Å². The third-order valence-corrected chi connectivity index (χ3v) is 5.26. The van der Waals surface area contributed by atoms with Crippen molar-refractivity contribution < 1.29 is 13.6 Å². The molecule has 5 heteroatoms. The van der Waals surface area contributed by atoms with Crippen molar-refractivity contribution in [3.63, 3.8) is 0 Å². The lowest BCUT2D eigenvalue weighted by Gasteiger charge is -2.28. The van der Waals surface area contributed by atoms with E-state index in [0.717, 1.165) is 50.2 Å². The molecule has 0 aliphatic carbocycles. The quantitative estimate of drug-likeness (QED) is 0.774. The Labute approximate surface area is 165 Å². The number of aryl methyl sites for hydroxylation is 2. The summed E-state index contributed by atoms with van der Waals surface area (Å²) in [5.74, 6) is -1.98. The lowest BCUT2D eigenvalue weighted by Crippen LogP contribution is -2.31. The van der Waals surface area contributed by atoms with Crippen LogP contribution in [0.15, 0.2) is 48.0 Å². The van der Waals surface area contributed by atoms with Crippen LogP contribution in [0.2, 0.25) is 0 Å². The Kier molecular flexibility index (Phi) is 6.57. The molecule has 0 unspecified atom stereocenters. The van der Waals surface area contributed by atoms with Crippen LogP contribution in [0.4, 0.5) is 8.78 Å². The molecule has 1 heterocycles. The molecule has 3 nitrogen and oxygen atoms in total. The zero-order valence-corrected chi connectivity index (χ0v) is 16.4. The number of hydrogen-bond donors (Lipinski definition) is 1. The summed E-state index contributed by atoms with van der Waals surface area (Å²) in [4.78, 5) is 14.5. The largest absolute Gasteiger partial charge is 0.348 e. The molecule has 0 saturated carbocycles. The first kappa shape index (κ1) is 20.2.